The predicted molar refractivity (Wildman–Crippen MR) is 114 cm³/mol. The van der Waals surface area contributed by atoms with Gasteiger partial charge in [-0.15, -0.1) is 5.10 Å². The standard InChI is InChI=1S/C21H25N7O4/c1-12-14(8-22-28(12)19-23-17(29)15-6-5-7-27(15)24-19)18(30)25-9-13-10-26(16(13)11-25)20(31)32-21(2,3)4/h5-8,13,16H,9-11H2,1-4H3,(H,23,24,29)/t13-,16?/m0/s1. The minimum Gasteiger partial charge on any atom is -0.444 e. The van der Waals surface area contributed by atoms with Gasteiger partial charge in [0.15, 0.2) is 0 Å². The van der Waals surface area contributed by atoms with Crippen LogP contribution in [-0.4, -0.2) is 77.5 Å². The molecule has 0 aliphatic carbocycles. The van der Waals surface area contributed by atoms with Crippen LogP contribution in [0.2, 0.25) is 0 Å². The van der Waals surface area contributed by atoms with Gasteiger partial charge in [0.2, 0.25) is 5.95 Å². The molecule has 3 aromatic rings. The molecule has 0 radical (unpaired) electrons. The molecule has 11 heteroatoms. The number of rotatable bonds is 2. The number of nitrogens with one attached hydrogen (secondary N) is 1. The zero-order valence-electron chi connectivity index (χ0n) is 18.4. The average molecular weight is 439 g/mol. The molecular formula is C21H25N7O4. The van der Waals surface area contributed by atoms with Gasteiger partial charge >= 0.3 is 6.09 Å². The number of H-pyrrole nitrogens is 1. The van der Waals surface area contributed by atoms with E-state index in [0.717, 1.165) is 0 Å². The highest BCUT2D eigenvalue weighted by atomic mass is 16.6. The Morgan fingerprint density at radius 3 is 2.75 bits per heavy atom. The van der Waals surface area contributed by atoms with Crippen molar-refractivity contribution in [3.8, 4) is 5.95 Å². The van der Waals surface area contributed by atoms with Crippen molar-refractivity contribution in [3.05, 3.63) is 46.1 Å². The molecule has 32 heavy (non-hydrogen) atoms. The van der Waals surface area contributed by atoms with E-state index in [1.54, 1.807) is 35.1 Å². The first-order valence-corrected chi connectivity index (χ1v) is 10.5. The third kappa shape index (κ3) is 3.24. The molecule has 2 saturated heterocycles. The molecule has 11 nitrogen and oxygen atoms in total. The Balaban J connectivity index is 1.34. The van der Waals surface area contributed by atoms with Crippen molar-refractivity contribution in [3.63, 3.8) is 0 Å². The largest absolute Gasteiger partial charge is 0.444 e. The van der Waals surface area contributed by atoms with E-state index >= 15 is 0 Å². The van der Waals surface area contributed by atoms with Gasteiger partial charge in [0, 0.05) is 31.7 Å². The molecule has 2 fully saturated rings. The van der Waals surface area contributed by atoms with Gasteiger partial charge in [0.05, 0.1) is 23.5 Å². The molecule has 168 valence electrons. The van der Waals surface area contributed by atoms with Crippen LogP contribution in [0.1, 0.15) is 36.8 Å². The zero-order valence-corrected chi connectivity index (χ0v) is 18.4. The summed E-state index contributed by atoms with van der Waals surface area (Å²) >= 11 is 0. The van der Waals surface area contributed by atoms with Gasteiger partial charge in [0.1, 0.15) is 11.1 Å². The van der Waals surface area contributed by atoms with Crippen LogP contribution >= 0.6 is 0 Å². The Morgan fingerprint density at radius 2 is 2.00 bits per heavy atom. The number of fused-ring (bicyclic) bond motifs is 2. The Labute approximate surface area is 183 Å². The lowest BCUT2D eigenvalue weighted by Crippen LogP contribution is -2.59. The van der Waals surface area contributed by atoms with E-state index < -0.39 is 5.60 Å². The maximum absolute atomic E-state index is 13.2. The van der Waals surface area contributed by atoms with Gasteiger partial charge in [-0.2, -0.15) is 5.10 Å². The quantitative estimate of drug-likeness (QED) is 0.641. The zero-order chi connectivity index (χ0) is 22.8. The average Bonchev–Trinajstić information content (AvgIpc) is 3.38. The topological polar surface area (TPSA) is 118 Å². The summed E-state index contributed by atoms with van der Waals surface area (Å²) in [6.07, 6.45) is 2.83. The fraction of sp³-hybridized carbons (Fsp3) is 0.476. The summed E-state index contributed by atoms with van der Waals surface area (Å²) in [5, 5.41) is 8.66. The van der Waals surface area contributed by atoms with Crippen LogP contribution < -0.4 is 5.56 Å². The lowest BCUT2D eigenvalue weighted by atomic mass is 9.93. The highest BCUT2D eigenvalue weighted by Crippen LogP contribution is 2.34. The molecule has 0 aromatic carbocycles. The van der Waals surface area contributed by atoms with E-state index in [0.29, 0.717) is 36.4 Å². The van der Waals surface area contributed by atoms with Gasteiger partial charge < -0.3 is 14.5 Å². The minimum atomic E-state index is -0.555. The molecular weight excluding hydrogens is 414 g/mol. The molecule has 0 saturated carbocycles. The van der Waals surface area contributed by atoms with Crippen LogP contribution in [0.4, 0.5) is 4.79 Å². The van der Waals surface area contributed by atoms with Gasteiger partial charge in [-0.05, 0) is 39.8 Å². The van der Waals surface area contributed by atoms with E-state index in [1.807, 2.05) is 20.8 Å². The molecule has 2 amide bonds. The molecule has 5 rings (SSSR count). The summed E-state index contributed by atoms with van der Waals surface area (Å²) in [6, 6.07) is 3.37. The first kappa shape index (κ1) is 20.3. The lowest BCUT2D eigenvalue weighted by molar-refractivity contribution is -0.0164. The Kier molecular flexibility index (Phi) is 4.40. The van der Waals surface area contributed by atoms with E-state index in [9.17, 15) is 14.4 Å². The maximum atomic E-state index is 13.2. The number of likely N-dealkylation sites (tertiary alicyclic amines) is 2. The van der Waals surface area contributed by atoms with E-state index in [-0.39, 0.29) is 35.5 Å². The summed E-state index contributed by atoms with van der Waals surface area (Å²) in [5.74, 6) is 0.320. The van der Waals surface area contributed by atoms with Crippen LogP contribution in [0.3, 0.4) is 0 Å². The van der Waals surface area contributed by atoms with Gasteiger partial charge in [-0.25, -0.2) is 14.0 Å². The number of hydrogen-bond donors (Lipinski definition) is 1. The van der Waals surface area contributed by atoms with Crippen molar-refractivity contribution in [1.82, 2.24) is 34.2 Å². The summed E-state index contributed by atoms with van der Waals surface area (Å²) < 4.78 is 8.39. The second kappa shape index (κ2) is 6.94. The molecule has 5 heterocycles. The van der Waals surface area contributed by atoms with Gasteiger partial charge in [-0.1, -0.05) is 0 Å². The number of aromatic nitrogens is 5. The molecule has 2 atom stereocenters. The van der Waals surface area contributed by atoms with Crippen molar-refractivity contribution in [1.29, 1.82) is 0 Å². The smallest absolute Gasteiger partial charge is 0.410 e. The summed E-state index contributed by atoms with van der Waals surface area (Å²) in [7, 11) is 0. The van der Waals surface area contributed by atoms with Crippen molar-refractivity contribution in [2.45, 2.75) is 39.3 Å². The Hall–Kier alpha value is -3.63. The number of nitrogens with zero attached hydrogens (tertiary/aromatic N) is 6. The van der Waals surface area contributed by atoms with Gasteiger partial charge in [0.25, 0.3) is 11.5 Å². The first-order chi connectivity index (χ1) is 15.1. The third-order valence-corrected chi connectivity index (χ3v) is 5.98. The fourth-order valence-corrected chi connectivity index (χ4v) is 4.36. The van der Waals surface area contributed by atoms with E-state index in [1.165, 1.54) is 15.4 Å². The summed E-state index contributed by atoms with van der Waals surface area (Å²) in [6.45, 7) is 8.90. The van der Waals surface area contributed by atoms with Crippen molar-refractivity contribution in [2.24, 2.45) is 5.92 Å². The lowest BCUT2D eigenvalue weighted by Gasteiger charge is -2.43. The number of carbonyl (C=O) groups excluding carboxylic acids is 2. The molecule has 2 aliphatic heterocycles. The number of carbonyl (C=O) groups is 2. The third-order valence-electron chi connectivity index (χ3n) is 5.98. The Bertz CT molecular complexity index is 1280. The minimum absolute atomic E-state index is 0.0293. The SMILES string of the molecule is Cc1c(C(=O)N2CC3[C@@H](C2)CN3C(=O)OC(C)(C)C)cnn1-c1nn2cccc2c(=O)[nH]1. The van der Waals surface area contributed by atoms with Crippen molar-refractivity contribution >= 4 is 17.5 Å². The molecule has 1 N–H and O–H groups in total. The number of amides is 2. The summed E-state index contributed by atoms with van der Waals surface area (Å²) in [4.78, 5) is 44.0. The molecule has 2 aliphatic rings. The monoisotopic (exact) mass is 439 g/mol. The molecule has 3 aromatic heterocycles. The van der Waals surface area contributed by atoms with Crippen LogP contribution in [0.5, 0.6) is 0 Å². The van der Waals surface area contributed by atoms with Crippen LogP contribution in [0.25, 0.3) is 11.5 Å². The summed E-state index contributed by atoms with van der Waals surface area (Å²) in [5.41, 5.74) is 0.594. The first-order valence-electron chi connectivity index (χ1n) is 10.5. The van der Waals surface area contributed by atoms with Crippen LogP contribution in [0, 0.1) is 12.8 Å². The highest BCUT2D eigenvalue weighted by Gasteiger charge is 2.50. The second-order valence-electron chi connectivity index (χ2n) is 9.34. The second-order valence-corrected chi connectivity index (χ2v) is 9.34. The number of hydrogen-bond acceptors (Lipinski definition) is 6. The van der Waals surface area contributed by atoms with Gasteiger partial charge in [-0.3, -0.25) is 14.6 Å². The molecule has 0 spiro atoms. The number of aromatic amines is 1. The molecule has 1 unspecified atom stereocenters. The fourth-order valence-electron chi connectivity index (χ4n) is 4.36. The van der Waals surface area contributed by atoms with E-state index in [4.69, 9.17) is 4.74 Å². The van der Waals surface area contributed by atoms with Crippen LogP contribution in [-0.2, 0) is 4.74 Å². The molecule has 0 bridgehead atoms. The number of ether oxygens (including phenoxy) is 1. The predicted octanol–water partition coefficient (Wildman–Crippen LogP) is 1.21. The Morgan fingerprint density at radius 1 is 1.22 bits per heavy atom. The highest BCUT2D eigenvalue weighted by molar-refractivity contribution is 5.95. The van der Waals surface area contributed by atoms with Crippen LogP contribution in [0.15, 0.2) is 29.3 Å². The van der Waals surface area contributed by atoms with Crippen molar-refractivity contribution in [2.75, 3.05) is 19.6 Å². The normalized spacial score (nSPS) is 20.4. The van der Waals surface area contributed by atoms with E-state index in [2.05, 4.69) is 15.2 Å². The maximum Gasteiger partial charge on any atom is 0.410 e. The van der Waals surface area contributed by atoms with Crippen molar-refractivity contribution < 1.29 is 14.3 Å².